The molecule has 3 rings (SSSR count). The summed E-state index contributed by atoms with van der Waals surface area (Å²) in [7, 11) is 0. The van der Waals surface area contributed by atoms with Crippen LogP contribution in [0.1, 0.15) is 36.8 Å². The third-order valence-corrected chi connectivity index (χ3v) is 4.60. The Morgan fingerprint density at radius 2 is 2.00 bits per heavy atom. The van der Waals surface area contributed by atoms with Crippen LogP contribution < -0.4 is 0 Å². The standard InChI is InChI=1S/C16H21NO2/c1-12-5-7-14(8-6-12)16(19)9-10-17(11-16)15(18)13-3-2-4-13/h5-8,13,19H,2-4,9-11H2,1H3/t16-/m1/s1. The van der Waals surface area contributed by atoms with Crippen LogP contribution >= 0.6 is 0 Å². The fourth-order valence-electron chi connectivity index (χ4n) is 2.99. The first-order valence-corrected chi connectivity index (χ1v) is 7.17. The number of amides is 1. The molecule has 1 atom stereocenters. The number of β-amino-alcohol motifs (C(OH)–C–C–N with tert-alkyl or cyclic N) is 1. The Hall–Kier alpha value is -1.35. The molecule has 1 saturated carbocycles. The van der Waals surface area contributed by atoms with Gasteiger partial charge in [0.1, 0.15) is 5.60 Å². The summed E-state index contributed by atoms with van der Waals surface area (Å²) in [6.07, 6.45) is 3.87. The van der Waals surface area contributed by atoms with Gasteiger partial charge in [0.25, 0.3) is 0 Å². The van der Waals surface area contributed by atoms with Crippen molar-refractivity contribution >= 4 is 5.91 Å². The summed E-state index contributed by atoms with van der Waals surface area (Å²) in [5.41, 5.74) is 1.27. The number of likely N-dealkylation sites (tertiary alicyclic amines) is 1. The Labute approximate surface area is 114 Å². The Kier molecular flexibility index (Phi) is 3.09. The number of carbonyl (C=O) groups is 1. The predicted octanol–water partition coefficient (Wildman–Crippen LogP) is 2.22. The normalized spacial score (nSPS) is 27.4. The Balaban J connectivity index is 1.72. The lowest BCUT2D eigenvalue weighted by atomic mass is 9.84. The molecule has 2 fully saturated rings. The van der Waals surface area contributed by atoms with Crippen molar-refractivity contribution in [2.45, 2.75) is 38.2 Å². The Bertz CT molecular complexity index is 478. The predicted molar refractivity (Wildman–Crippen MR) is 73.6 cm³/mol. The highest BCUT2D eigenvalue weighted by molar-refractivity contribution is 5.80. The van der Waals surface area contributed by atoms with Gasteiger partial charge in [-0.3, -0.25) is 4.79 Å². The van der Waals surface area contributed by atoms with E-state index in [4.69, 9.17) is 0 Å². The smallest absolute Gasteiger partial charge is 0.225 e. The SMILES string of the molecule is Cc1ccc([C@@]2(O)CCN(C(=O)C3CCC3)C2)cc1. The van der Waals surface area contributed by atoms with Gasteiger partial charge in [0.05, 0.1) is 6.54 Å². The van der Waals surface area contributed by atoms with E-state index in [0.29, 0.717) is 19.5 Å². The van der Waals surface area contributed by atoms with Gasteiger partial charge in [0, 0.05) is 12.5 Å². The third kappa shape index (κ3) is 2.27. The first-order chi connectivity index (χ1) is 9.08. The van der Waals surface area contributed by atoms with Crippen LogP contribution in [0.3, 0.4) is 0 Å². The van der Waals surface area contributed by atoms with Crippen molar-refractivity contribution in [1.82, 2.24) is 4.90 Å². The zero-order chi connectivity index (χ0) is 13.5. The molecule has 1 N–H and O–H groups in total. The van der Waals surface area contributed by atoms with Crippen LogP contribution in [-0.2, 0) is 10.4 Å². The number of hydrogen-bond acceptors (Lipinski definition) is 2. The molecule has 1 heterocycles. The molecule has 0 aromatic heterocycles. The summed E-state index contributed by atoms with van der Waals surface area (Å²) < 4.78 is 0. The lowest BCUT2D eigenvalue weighted by Gasteiger charge is -2.30. The maximum atomic E-state index is 12.2. The number of aryl methyl sites for hydroxylation is 1. The zero-order valence-electron chi connectivity index (χ0n) is 11.4. The van der Waals surface area contributed by atoms with Crippen molar-refractivity contribution < 1.29 is 9.90 Å². The number of rotatable bonds is 2. The van der Waals surface area contributed by atoms with E-state index in [1.807, 2.05) is 36.1 Å². The van der Waals surface area contributed by atoms with Gasteiger partial charge in [-0.2, -0.15) is 0 Å². The second-order valence-corrected chi connectivity index (χ2v) is 6.04. The number of hydrogen-bond donors (Lipinski definition) is 1. The minimum atomic E-state index is -0.854. The lowest BCUT2D eigenvalue weighted by molar-refractivity contribution is -0.138. The van der Waals surface area contributed by atoms with Crippen LogP contribution in [0.15, 0.2) is 24.3 Å². The molecule has 0 unspecified atom stereocenters. The van der Waals surface area contributed by atoms with Gasteiger partial charge in [-0.25, -0.2) is 0 Å². The maximum absolute atomic E-state index is 12.2. The Morgan fingerprint density at radius 3 is 2.58 bits per heavy atom. The average Bonchev–Trinajstić information content (AvgIpc) is 2.72. The summed E-state index contributed by atoms with van der Waals surface area (Å²) >= 11 is 0. The summed E-state index contributed by atoms with van der Waals surface area (Å²) in [6.45, 7) is 3.17. The molecule has 1 aromatic rings. The van der Waals surface area contributed by atoms with E-state index < -0.39 is 5.60 Å². The van der Waals surface area contributed by atoms with Crippen LogP contribution in [0.4, 0.5) is 0 Å². The zero-order valence-corrected chi connectivity index (χ0v) is 11.4. The topological polar surface area (TPSA) is 40.5 Å². The first-order valence-electron chi connectivity index (χ1n) is 7.17. The maximum Gasteiger partial charge on any atom is 0.225 e. The molecule has 1 saturated heterocycles. The molecule has 19 heavy (non-hydrogen) atoms. The van der Waals surface area contributed by atoms with E-state index in [2.05, 4.69) is 0 Å². The highest BCUT2D eigenvalue weighted by Crippen LogP contribution is 2.35. The molecular weight excluding hydrogens is 238 g/mol. The first kappa shape index (κ1) is 12.7. The van der Waals surface area contributed by atoms with Crippen molar-refractivity contribution in [2.24, 2.45) is 5.92 Å². The van der Waals surface area contributed by atoms with Crippen LogP contribution in [0.25, 0.3) is 0 Å². The third-order valence-electron chi connectivity index (χ3n) is 4.60. The second-order valence-electron chi connectivity index (χ2n) is 6.04. The largest absolute Gasteiger partial charge is 0.383 e. The van der Waals surface area contributed by atoms with Crippen molar-refractivity contribution in [3.63, 3.8) is 0 Å². The highest BCUT2D eigenvalue weighted by atomic mass is 16.3. The highest BCUT2D eigenvalue weighted by Gasteiger charge is 2.41. The molecule has 102 valence electrons. The van der Waals surface area contributed by atoms with Gasteiger partial charge >= 0.3 is 0 Å². The van der Waals surface area contributed by atoms with Gasteiger partial charge in [-0.15, -0.1) is 0 Å². The second kappa shape index (κ2) is 4.64. The fraction of sp³-hybridized carbons (Fsp3) is 0.562. The quantitative estimate of drug-likeness (QED) is 0.884. The van der Waals surface area contributed by atoms with Gasteiger partial charge in [0.2, 0.25) is 5.91 Å². The Morgan fingerprint density at radius 1 is 1.32 bits per heavy atom. The number of carbonyl (C=O) groups excluding carboxylic acids is 1. The van der Waals surface area contributed by atoms with Crippen molar-refractivity contribution in [3.05, 3.63) is 35.4 Å². The van der Waals surface area contributed by atoms with E-state index in [1.165, 1.54) is 12.0 Å². The van der Waals surface area contributed by atoms with Crippen molar-refractivity contribution in [2.75, 3.05) is 13.1 Å². The van der Waals surface area contributed by atoms with Crippen LogP contribution in [0, 0.1) is 12.8 Å². The molecule has 1 amide bonds. The van der Waals surface area contributed by atoms with E-state index in [9.17, 15) is 9.90 Å². The summed E-state index contributed by atoms with van der Waals surface area (Å²) in [6, 6.07) is 7.99. The van der Waals surface area contributed by atoms with E-state index in [1.54, 1.807) is 0 Å². The van der Waals surface area contributed by atoms with Crippen LogP contribution in [0.5, 0.6) is 0 Å². The summed E-state index contributed by atoms with van der Waals surface area (Å²) in [5, 5.41) is 10.8. The molecule has 1 aliphatic heterocycles. The molecule has 3 nitrogen and oxygen atoms in total. The lowest BCUT2D eigenvalue weighted by Crippen LogP contribution is -2.39. The minimum absolute atomic E-state index is 0.223. The van der Waals surface area contributed by atoms with Gasteiger partial charge in [-0.1, -0.05) is 36.2 Å². The fourth-order valence-corrected chi connectivity index (χ4v) is 2.99. The van der Waals surface area contributed by atoms with E-state index in [0.717, 1.165) is 18.4 Å². The van der Waals surface area contributed by atoms with Gasteiger partial charge in [0.15, 0.2) is 0 Å². The van der Waals surface area contributed by atoms with Crippen LogP contribution in [-0.4, -0.2) is 29.0 Å². The van der Waals surface area contributed by atoms with Gasteiger partial charge < -0.3 is 10.0 Å². The molecule has 2 aliphatic rings. The molecule has 0 spiro atoms. The number of nitrogens with zero attached hydrogens (tertiary/aromatic N) is 1. The average molecular weight is 259 g/mol. The molecule has 0 radical (unpaired) electrons. The summed E-state index contributed by atoms with van der Waals surface area (Å²) in [4.78, 5) is 14.1. The molecular formula is C16H21NO2. The number of benzene rings is 1. The number of aliphatic hydroxyl groups is 1. The van der Waals surface area contributed by atoms with Crippen molar-refractivity contribution in [1.29, 1.82) is 0 Å². The molecule has 3 heteroatoms. The minimum Gasteiger partial charge on any atom is -0.383 e. The summed E-state index contributed by atoms with van der Waals surface area (Å²) in [5.74, 6) is 0.467. The molecule has 0 bridgehead atoms. The molecule has 1 aliphatic carbocycles. The monoisotopic (exact) mass is 259 g/mol. The van der Waals surface area contributed by atoms with Crippen LogP contribution in [0.2, 0.25) is 0 Å². The molecule has 1 aromatic carbocycles. The van der Waals surface area contributed by atoms with E-state index in [-0.39, 0.29) is 11.8 Å². The van der Waals surface area contributed by atoms with E-state index >= 15 is 0 Å². The van der Waals surface area contributed by atoms with Crippen molar-refractivity contribution in [3.8, 4) is 0 Å². The van der Waals surface area contributed by atoms with Gasteiger partial charge in [-0.05, 0) is 31.7 Å².